The van der Waals surface area contributed by atoms with Gasteiger partial charge in [-0.2, -0.15) is 0 Å². The second-order valence-electron chi connectivity index (χ2n) is 5.26. The molecule has 1 aromatic heterocycles. The summed E-state index contributed by atoms with van der Waals surface area (Å²) in [5, 5.41) is 1.22. The first-order valence-electron chi connectivity index (χ1n) is 6.93. The molecule has 1 aliphatic rings. The number of rotatable bonds is 2. The van der Waals surface area contributed by atoms with E-state index in [4.69, 9.17) is 4.98 Å². The van der Waals surface area contributed by atoms with Gasteiger partial charge in [0.05, 0.1) is 5.52 Å². The summed E-state index contributed by atoms with van der Waals surface area (Å²) in [5.41, 5.74) is 1.10. The fraction of sp³-hybridized carbons (Fsp3) is 0.438. The standard InChI is InChI=1S/C16H20N2/c1-18(14-8-3-2-4-9-14)16-12-11-13-7-5-6-10-15(13)17-16/h5-7,10-12,14H,2-4,8-9H2,1H3. The van der Waals surface area contributed by atoms with Crippen molar-refractivity contribution in [2.75, 3.05) is 11.9 Å². The molecule has 2 heteroatoms. The van der Waals surface area contributed by atoms with Crippen LogP contribution >= 0.6 is 0 Å². The van der Waals surface area contributed by atoms with E-state index in [-0.39, 0.29) is 0 Å². The molecule has 0 amide bonds. The maximum absolute atomic E-state index is 4.78. The van der Waals surface area contributed by atoms with Crippen molar-refractivity contribution in [2.24, 2.45) is 0 Å². The predicted molar refractivity (Wildman–Crippen MR) is 77.0 cm³/mol. The number of pyridine rings is 1. The van der Waals surface area contributed by atoms with E-state index in [0.717, 1.165) is 11.3 Å². The first-order chi connectivity index (χ1) is 8.84. The van der Waals surface area contributed by atoms with E-state index in [1.807, 2.05) is 0 Å². The smallest absolute Gasteiger partial charge is 0.129 e. The first kappa shape index (κ1) is 11.5. The minimum atomic E-state index is 0.674. The van der Waals surface area contributed by atoms with Crippen molar-refractivity contribution >= 4 is 16.7 Å². The van der Waals surface area contributed by atoms with Crippen molar-refractivity contribution in [1.29, 1.82) is 0 Å². The van der Waals surface area contributed by atoms with Crippen LogP contribution in [0.3, 0.4) is 0 Å². The van der Waals surface area contributed by atoms with Crippen LogP contribution in [0.5, 0.6) is 0 Å². The molecule has 1 aliphatic carbocycles. The Hall–Kier alpha value is -1.57. The highest BCUT2D eigenvalue weighted by Gasteiger charge is 2.19. The fourth-order valence-corrected chi connectivity index (χ4v) is 2.91. The first-order valence-corrected chi connectivity index (χ1v) is 6.93. The topological polar surface area (TPSA) is 16.1 Å². The Morgan fingerprint density at radius 2 is 1.78 bits per heavy atom. The molecule has 1 saturated carbocycles. The average Bonchev–Trinajstić information content (AvgIpc) is 2.47. The highest BCUT2D eigenvalue weighted by Crippen LogP contribution is 2.26. The Morgan fingerprint density at radius 1 is 1.00 bits per heavy atom. The van der Waals surface area contributed by atoms with Crippen molar-refractivity contribution in [1.82, 2.24) is 4.98 Å². The predicted octanol–water partition coefficient (Wildman–Crippen LogP) is 4.00. The van der Waals surface area contributed by atoms with Crippen LogP contribution in [0.15, 0.2) is 36.4 Å². The molecule has 2 aromatic rings. The maximum atomic E-state index is 4.78. The van der Waals surface area contributed by atoms with Gasteiger partial charge >= 0.3 is 0 Å². The molecule has 94 valence electrons. The molecular weight excluding hydrogens is 220 g/mol. The van der Waals surface area contributed by atoms with Gasteiger partial charge in [-0.3, -0.25) is 0 Å². The molecule has 3 rings (SSSR count). The van der Waals surface area contributed by atoms with E-state index in [0.29, 0.717) is 6.04 Å². The molecule has 0 radical (unpaired) electrons. The van der Waals surface area contributed by atoms with Crippen molar-refractivity contribution in [3.8, 4) is 0 Å². The van der Waals surface area contributed by atoms with Crippen molar-refractivity contribution in [3.05, 3.63) is 36.4 Å². The number of hydrogen-bond donors (Lipinski definition) is 0. The van der Waals surface area contributed by atoms with Gasteiger partial charge in [0.2, 0.25) is 0 Å². The van der Waals surface area contributed by atoms with Crippen LogP contribution in [-0.4, -0.2) is 18.1 Å². The van der Waals surface area contributed by atoms with Gasteiger partial charge in [0.25, 0.3) is 0 Å². The molecule has 0 atom stereocenters. The van der Waals surface area contributed by atoms with E-state index >= 15 is 0 Å². The van der Waals surface area contributed by atoms with Crippen LogP contribution in [-0.2, 0) is 0 Å². The summed E-state index contributed by atoms with van der Waals surface area (Å²) in [6.45, 7) is 0. The monoisotopic (exact) mass is 240 g/mol. The summed E-state index contributed by atoms with van der Waals surface area (Å²) >= 11 is 0. The molecule has 0 saturated heterocycles. The zero-order valence-corrected chi connectivity index (χ0v) is 11.0. The Morgan fingerprint density at radius 3 is 2.61 bits per heavy atom. The van der Waals surface area contributed by atoms with Gasteiger partial charge in [-0.15, -0.1) is 0 Å². The number of hydrogen-bond acceptors (Lipinski definition) is 2. The fourth-order valence-electron chi connectivity index (χ4n) is 2.91. The highest BCUT2D eigenvalue weighted by molar-refractivity contribution is 5.80. The van der Waals surface area contributed by atoms with E-state index in [1.165, 1.54) is 37.5 Å². The molecule has 1 heterocycles. The van der Waals surface area contributed by atoms with E-state index in [2.05, 4.69) is 48.3 Å². The summed E-state index contributed by atoms with van der Waals surface area (Å²) in [7, 11) is 2.19. The van der Waals surface area contributed by atoms with Crippen LogP contribution in [0.1, 0.15) is 32.1 Å². The quantitative estimate of drug-likeness (QED) is 0.788. The van der Waals surface area contributed by atoms with Gasteiger partial charge in [-0.1, -0.05) is 37.5 Å². The number of aromatic nitrogens is 1. The van der Waals surface area contributed by atoms with Gasteiger partial charge in [0.1, 0.15) is 5.82 Å². The zero-order chi connectivity index (χ0) is 12.4. The van der Waals surface area contributed by atoms with Crippen molar-refractivity contribution < 1.29 is 0 Å². The molecule has 2 nitrogen and oxygen atoms in total. The number of anilines is 1. The van der Waals surface area contributed by atoms with Gasteiger partial charge in [-0.25, -0.2) is 4.98 Å². The van der Waals surface area contributed by atoms with E-state index < -0.39 is 0 Å². The number of para-hydroxylation sites is 1. The lowest BCUT2D eigenvalue weighted by molar-refractivity contribution is 0.426. The summed E-state index contributed by atoms with van der Waals surface area (Å²) in [6, 6.07) is 13.3. The van der Waals surface area contributed by atoms with Crippen molar-refractivity contribution in [3.63, 3.8) is 0 Å². The lowest BCUT2D eigenvalue weighted by Gasteiger charge is -2.32. The summed E-state index contributed by atoms with van der Waals surface area (Å²) in [6.07, 6.45) is 6.75. The average molecular weight is 240 g/mol. The lowest BCUT2D eigenvalue weighted by atomic mass is 9.94. The molecule has 1 aromatic carbocycles. The van der Waals surface area contributed by atoms with Crippen LogP contribution < -0.4 is 4.90 Å². The normalized spacial score (nSPS) is 16.9. The lowest BCUT2D eigenvalue weighted by Crippen LogP contribution is -2.33. The van der Waals surface area contributed by atoms with Crippen LogP contribution in [0.25, 0.3) is 10.9 Å². The molecule has 0 unspecified atom stereocenters. The molecule has 0 aliphatic heterocycles. The van der Waals surface area contributed by atoms with Crippen molar-refractivity contribution in [2.45, 2.75) is 38.1 Å². The Kier molecular flexibility index (Phi) is 3.18. The molecule has 0 spiro atoms. The molecule has 1 fully saturated rings. The Bertz CT molecular complexity index is 529. The van der Waals surface area contributed by atoms with E-state index in [9.17, 15) is 0 Å². The minimum absolute atomic E-state index is 0.674. The largest absolute Gasteiger partial charge is 0.357 e. The number of fused-ring (bicyclic) bond motifs is 1. The van der Waals surface area contributed by atoms with Gasteiger partial charge in [-0.05, 0) is 31.0 Å². The van der Waals surface area contributed by atoms with E-state index in [1.54, 1.807) is 0 Å². The third-order valence-electron chi connectivity index (χ3n) is 4.07. The summed E-state index contributed by atoms with van der Waals surface area (Å²) < 4.78 is 0. The third kappa shape index (κ3) is 2.20. The number of nitrogens with zero attached hydrogens (tertiary/aromatic N) is 2. The van der Waals surface area contributed by atoms with Gasteiger partial charge < -0.3 is 4.90 Å². The number of benzene rings is 1. The molecule has 18 heavy (non-hydrogen) atoms. The summed E-state index contributed by atoms with van der Waals surface area (Å²) in [5.74, 6) is 1.11. The maximum Gasteiger partial charge on any atom is 0.129 e. The zero-order valence-electron chi connectivity index (χ0n) is 11.0. The highest BCUT2D eigenvalue weighted by atomic mass is 15.2. The van der Waals surface area contributed by atoms with Crippen LogP contribution in [0, 0.1) is 0 Å². The van der Waals surface area contributed by atoms with Crippen LogP contribution in [0.4, 0.5) is 5.82 Å². The minimum Gasteiger partial charge on any atom is -0.357 e. The Labute approximate surface area is 109 Å². The Balaban J connectivity index is 1.88. The SMILES string of the molecule is CN(c1ccc2ccccc2n1)C1CCCCC1. The van der Waals surface area contributed by atoms with Gasteiger partial charge in [0, 0.05) is 18.5 Å². The van der Waals surface area contributed by atoms with Crippen LogP contribution in [0.2, 0.25) is 0 Å². The molecular formula is C16H20N2. The third-order valence-corrected chi connectivity index (χ3v) is 4.07. The van der Waals surface area contributed by atoms with Gasteiger partial charge in [0.15, 0.2) is 0 Å². The second-order valence-corrected chi connectivity index (χ2v) is 5.26. The molecule has 0 bridgehead atoms. The molecule has 0 N–H and O–H groups in total. The second kappa shape index (κ2) is 4.97. The summed E-state index contributed by atoms with van der Waals surface area (Å²) in [4.78, 5) is 7.14.